The highest BCUT2D eigenvalue weighted by molar-refractivity contribution is 9.10. The molecule has 0 unspecified atom stereocenters. The van der Waals surface area contributed by atoms with Crippen LogP contribution in [0.5, 0.6) is 0 Å². The van der Waals surface area contributed by atoms with E-state index in [9.17, 15) is 4.79 Å². The molecule has 1 aliphatic rings. The monoisotopic (exact) mass is 394 g/mol. The summed E-state index contributed by atoms with van der Waals surface area (Å²) >= 11 is 4.94. The summed E-state index contributed by atoms with van der Waals surface area (Å²) in [5.41, 5.74) is 1.93. The number of carbonyl (C=O) groups excluding carboxylic acids is 1. The fourth-order valence-electron chi connectivity index (χ4n) is 2.35. The smallest absolute Gasteiger partial charge is 0.237 e. The van der Waals surface area contributed by atoms with Gasteiger partial charge in [-0.1, -0.05) is 17.8 Å². The third-order valence-electron chi connectivity index (χ3n) is 3.78. The van der Waals surface area contributed by atoms with E-state index in [1.54, 1.807) is 0 Å². The number of amides is 1. The fourth-order valence-corrected chi connectivity index (χ4v) is 3.91. The van der Waals surface area contributed by atoms with E-state index in [0.717, 1.165) is 26.7 Å². The predicted octanol–water partition coefficient (Wildman–Crippen LogP) is 4.11. The van der Waals surface area contributed by atoms with E-state index in [1.165, 1.54) is 24.6 Å². The van der Waals surface area contributed by atoms with Crippen LogP contribution < -0.4 is 5.32 Å². The van der Waals surface area contributed by atoms with Crippen molar-refractivity contribution in [1.29, 1.82) is 0 Å². The summed E-state index contributed by atoms with van der Waals surface area (Å²) in [5.74, 6) is 0.881. The number of aromatic nitrogens is 3. The van der Waals surface area contributed by atoms with Crippen molar-refractivity contribution in [1.82, 2.24) is 14.8 Å². The zero-order valence-corrected chi connectivity index (χ0v) is 15.7. The second-order valence-corrected chi connectivity index (χ2v) is 8.03. The van der Waals surface area contributed by atoms with Crippen LogP contribution in [0.4, 0.5) is 5.69 Å². The molecule has 0 spiro atoms. The average molecular weight is 395 g/mol. The summed E-state index contributed by atoms with van der Waals surface area (Å²) in [6.07, 6.45) is 2.34. The van der Waals surface area contributed by atoms with Gasteiger partial charge in [-0.2, -0.15) is 0 Å². The number of thioether (sulfide) groups is 1. The third kappa shape index (κ3) is 3.77. The molecule has 1 N–H and O–H groups in total. The van der Waals surface area contributed by atoms with Gasteiger partial charge in [0, 0.05) is 10.5 Å². The van der Waals surface area contributed by atoms with Crippen LogP contribution in [0.2, 0.25) is 0 Å². The molecule has 1 aromatic carbocycles. The third-order valence-corrected chi connectivity index (χ3v) is 5.49. The Labute approximate surface area is 148 Å². The van der Waals surface area contributed by atoms with E-state index in [1.807, 2.05) is 39.0 Å². The quantitative estimate of drug-likeness (QED) is 0.774. The van der Waals surface area contributed by atoms with Crippen molar-refractivity contribution in [2.24, 2.45) is 0 Å². The predicted molar refractivity (Wildman–Crippen MR) is 95.9 cm³/mol. The number of rotatable bonds is 5. The van der Waals surface area contributed by atoms with Gasteiger partial charge in [0.2, 0.25) is 5.91 Å². The van der Waals surface area contributed by atoms with Gasteiger partial charge >= 0.3 is 0 Å². The van der Waals surface area contributed by atoms with E-state index in [2.05, 4.69) is 36.0 Å². The molecule has 1 heterocycles. The SMILES string of the molecule is Cc1ccc(NC(=O)[C@H](C)Sc2nnc(C)n2C2CC2)c(Br)c1. The van der Waals surface area contributed by atoms with Crippen molar-refractivity contribution in [2.45, 2.75) is 50.1 Å². The molecule has 0 radical (unpaired) electrons. The van der Waals surface area contributed by atoms with Gasteiger partial charge in [-0.05, 0) is 67.2 Å². The van der Waals surface area contributed by atoms with Gasteiger partial charge in [-0.25, -0.2) is 0 Å². The molecule has 1 atom stereocenters. The van der Waals surface area contributed by atoms with Gasteiger partial charge in [0.1, 0.15) is 5.82 Å². The summed E-state index contributed by atoms with van der Waals surface area (Å²) < 4.78 is 3.04. The number of benzene rings is 1. The summed E-state index contributed by atoms with van der Waals surface area (Å²) in [7, 11) is 0. The molecule has 0 bridgehead atoms. The lowest BCUT2D eigenvalue weighted by Crippen LogP contribution is -2.23. The Bertz CT molecular complexity index is 742. The van der Waals surface area contributed by atoms with Crippen molar-refractivity contribution in [3.05, 3.63) is 34.1 Å². The molecule has 0 aliphatic heterocycles. The van der Waals surface area contributed by atoms with Gasteiger partial charge in [-0.15, -0.1) is 10.2 Å². The normalized spacial score (nSPS) is 15.5. The Morgan fingerprint density at radius 2 is 2.13 bits per heavy atom. The number of hydrogen-bond acceptors (Lipinski definition) is 4. The van der Waals surface area contributed by atoms with Crippen LogP contribution in [-0.2, 0) is 4.79 Å². The zero-order valence-electron chi connectivity index (χ0n) is 13.3. The molecule has 122 valence electrons. The highest BCUT2D eigenvalue weighted by Crippen LogP contribution is 2.39. The molecular weight excluding hydrogens is 376 g/mol. The molecule has 3 rings (SSSR count). The highest BCUT2D eigenvalue weighted by Gasteiger charge is 2.29. The van der Waals surface area contributed by atoms with Gasteiger partial charge < -0.3 is 9.88 Å². The van der Waals surface area contributed by atoms with E-state index >= 15 is 0 Å². The average Bonchev–Trinajstić information content (AvgIpc) is 3.26. The van der Waals surface area contributed by atoms with Crippen molar-refractivity contribution in [2.75, 3.05) is 5.32 Å². The second kappa shape index (κ2) is 6.65. The first-order chi connectivity index (χ1) is 11.0. The molecule has 7 heteroatoms. The lowest BCUT2D eigenvalue weighted by Gasteiger charge is -2.14. The summed E-state index contributed by atoms with van der Waals surface area (Å²) in [5, 5.41) is 11.9. The molecule has 1 aromatic heterocycles. The zero-order chi connectivity index (χ0) is 16.6. The molecule has 0 saturated heterocycles. The molecule has 2 aromatic rings. The van der Waals surface area contributed by atoms with E-state index in [-0.39, 0.29) is 11.2 Å². The van der Waals surface area contributed by atoms with Gasteiger partial charge in [0.25, 0.3) is 0 Å². The van der Waals surface area contributed by atoms with Gasteiger partial charge in [0.15, 0.2) is 5.16 Å². The van der Waals surface area contributed by atoms with E-state index in [4.69, 9.17) is 0 Å². The molecular formula is C16H19BrN4OS. The Morgan fingerprint density at radius 1 is 1.39 bits per heavy atom. The van der Waals surface area contributed by atoms with Crippen LogP contribution in [0.3, 0.4) is 0 Å². The molecule has 5 nitrogen and oxygen atoms in total. The van der Waals surface area contributed by atoms with Crippen LogP contribution in [0.1, 0.15) is 37.2 Å². The highest BCUT2D eigenvalue weighted by atomic mass is 79.9. The summed E-state index contributed by atoms with van der Waals surface area (Å²) in [4.78, 5) is 12.4. The lowest BCUT2D eigenvalue weighted by atomic mass is 10.2. The van der Waals surface area contributed by atoms with Gasteiger partial charge in [-0.3, -0.25) is 4.79 Å². The van der Waals surface area contributed by atoms with Crippen LogP contribution in [-0.4, -0.2) is 25.9 Å². The molecule has 1 fully saturated rings. The number of aryl methyl sites for hydroxylation is 2. The summed E-state index contributed by atoms with van der Waals surface area (Å²) in [6.45, 7) is 5.87. The largest absolute Gasteiger partial charge is 0.324 e. The second-order valence-electron chi connectivity index (χ2n) is 5.86. The number of halogens is 1. The first kappa shape index (κ1) is 16.5. The number of carbonyl (C=O) groups is 1. The minimum atomic E-state index is -0.246. The minimum absolute atomic E-state index is 0.0393. The van der Waals surface area contributed by atoms with Crippen molar-refractivity contribution < 1.29 is 4.79 Å². The van der Waals surface area contributed by atoms with Crippen molar-refractivity contribution in [3.8, 4) is 0 Å². The van der Waals surface area contributed by atoms with Crippen LogP contribution in [0.15, 0.2) is 27.8 Å². The maximum absolute atomic E-state index is 12.4. The lowest BCUT2D eigenvalue weighted by molar-refractivity contribution is -0.115. The summed E-state index contributed by atoms with van der Waals surface area (Å²) in [6, 6.07) is 6.38. The Hall–Kier alpha value is -1.34. The number of hydrogen-bond donors (Lipinski definition) is 1. The fraction of sp³-hybridized carbons (Fsp3) is 0.438. The topological polar surface area (TPSA) is 59.8 Å². The van der Waals surface area contributed by atoms with Crippen molar-refractivity contribution >= 4 is 39.3 Å². The number of nitrogens with zero attached hydrogens (tertiary/aromatic N) is 3. The van der Waals surface area contributed by atoms with E-state index in [0.29, 0.717) is 6.04 Å². The standard InChI is InChI=1S/C16H19BrN4OS/c1-9-4-7-14(13(17)8-9)18-15(22)10(2)23-16-20-19-11(3)21(16)12-5-6-12/h4,7-8,10,12H,5-6H2,1-3H3,(H,18,22)/t10-/m0/s1. The Morgan fingerprint density at radius 3 is 2.78 bits per heavy atom. The molecule has 1 aliphatic carbocycles. The maximum atomic E-state index is 12.4. The minimum Gasteiger partial charge on any atom is -0.324 e. The Kier molecular flexibility index (Phi) is 4.77. The van der Waals surface area contributed by atoms with Crippen molar-refractivity contribution in [3.63, 3.8) is 0 Å². The first-order valence-electron chi connectivity index (χ1n) is 7.61. The van der Waals surface area contributed by atoms with Gasteiger partial charge in [0.05, 0.1) is 10.9 Å². The molecule has 23 heavy (non-hydrogen) atoms. The maximum Gasteiger partial charge on any atom is 0.237 e. The molecule has 1 saturated carbocycles. The van der Waals surface area contributed by atoms with Crippen LogP contribution >= 0.6 is 27.7 Å². The van der Waals surface area contributed by atoms with Crippen LogP contribution in [0.25, 0.3) is 0 Å². The number of anilines is 1. The number of nitrogens with one attached hydrogen (secondary N) is 1. The molecule has 1 amide bonds. The first-order valence-corrected chi connectivity index (χ1v) is 9.28. The van der Waals surface area contributed by atoms with E-state index < -0.39 is 0 Å². The van der Waals surface area contributed by atoms with Crippen LogP contribution in [0, 0.1) is 13.8 Å². The Balaban J connectivity index is 1.68.